The molecule has 0 radical (unpaired) electrons. The fourth-order valence-electron chi connectivity index (χ4n) is 2.63. The number of hydrogen-bond acceptors (Lipinski definition) is 5. The Morgan fingerprint density at radius 3 is 2.96 bits per heavy atom. The maximum atomic E-state index is 13.8. The second-order valence-electron chi connectivity index (χ2n) is 5.99. The van der Waals surface area contributed by atoms with E-state index in [-0.39, 0.29) is 24.4 Å². The van der Waals surface area contributed by atoms with Crippen LogP contribution < -0.4 is 4.74 Å². The molecule has 1 aliphatic heterocycles. The van der Waals surface area contributed by atoms with Gasteiger partial charge in [-0.3, -0.25) is 14.4 Å². The monoisotopic (exact) mass is 333 g/mol. The molecule has 0 bridgehead atoms. The van der Waals surface area contributed by atoms with Crippen molar-refractivity contribution in [3.63, 3.8) is 0 Å². The van der Waals surface area contributed by atoms with Crippen molar-refractivity contribution in [2.24, 2.45) is 0 Å². The molecule has 0 saturated heterocycles. The predicted octanol–water partition coefficient (Wildman–Crippen LogP) is 0.769. The molecule has 24 heavy (non-hydrogen) atoms. The van der Waals surface area contributed by atoms with Crippen LogP contribution in [0.15, 0.2) is 30.6 Å². The van der Waals surface area contributed by atoms with Crippen LogP contribution in [0.5, 0.6) is 5.88 Å². The molecule has 1 amide bonds. The van der Waals surface area contributed by atoms with Gasteiger partial charge < -0.3 is 9.64 Å². The lowest BCUT2D eigenvalue weighted by Gasteiger charge is -2.24. The number of pyridine rings is 1. The third-order valence-corrected chi connectivity index (χ3v) is 3.89. The molecule has 0 aromatic carbocycles. The number of aromatic nitrogens is 3. The van der Waals surface area contributed by atoms with Crippen LogP contribution >= 0.6 is 0 Å². The molecule has 0 aliphatic carbocycles. The number of amides is 1. The Kier molecular flexibility index (Phi) is 4.75. The number of nitrogens with zero attached hydrogens (tertiary/aromatic N) is 5. The van der Waals surface area contributed by atoms with E-state index < -0.39 is 5.82 Å². The van der Waals surface area contributed by atoms with E-state index in [1.54, 1.807) is 25.2 Å². The van der Waals surface area contributed by atoms with E-state index in [0.29, 0.717) is 19.6 Å². The van der Waals surface area contributed by atoms with Crippen molar-refractivity contribution in [3.05, 3.63) is 42.1 Å². The van der Waals surface area contributed by atoms with Gasteiger partial charge in [-0.25, -0.2) is 9.37 Å². The van der Waals surface area contributed by atoms with Crippen LogP contribution in [0.1, 0.15) is 5.69 Å². The van der Waals surface area contributed by atoms with Crippen LogP contribution in [-0.2, 0) is 17.9 Å². The summed E-state index contributed by atoms with van der Waals surface area (Å²) in [5.41, 5.74) is 0.995. The zero-order valence-electron chi connectivity index (χ0n) is 13.7. The average molecular weight is 333 g/mol. The first kappa shape index (κ1) is 16.4. The van der Waals surface area contributed by atoms with E-state index in [1.165, 1.54) is 18.3 Å². The van der Waals surface area contributed by atoms with Gasteiger partial charge in [-0.15, -0.1) is 0 Å². The van der Waals surface area contributed by atoms with E-state index in [1.807, 2.05) is 15.6 Å². The van der Waals surface area contributed by atoms with Gasteiger partial charge in [0.1, 0.15) is 6.10 Å². The summed E-state index contributed by atoms with van der Waals surface area (Å²) >= 11 is 0. The lowest BCUT2D eigenvalue weighted by molar-refractivity contribution is -0.130. The first-order chi connectivity index (χ1) is 11.5. The summed E-state index contributed by atoms with van der Waals surface area (Å²) in [6.45, 7) is 1.82. The third kappa shape index (κ3) is 3.70. The van der Waals surface area contributed by atoms with Gasteiger partial charge in [0.15, 0.2) is 5.82 Å². The zero-order valence-corrected chi connectivity index (χ0v) is 13.7. The Labute approximate surface area is 139 Å². The Balaban J connectivity index is 1.78. The Bertz CT molecular complexity index is 718. The first-order valence-corrected chi connectivity index (χ1v) is 7.73. The summed E-state index contributed by atoms with van der Waals surface area (Å²) < 4.78 is 21.4. The molecule has 1 atom stereocenters. The molecular weight excluding hydrogens is 313 g/mol. The fourth-order valence-corrected chi connectivity index (χ4v) is 2.63. The molecule has 0 fully saturated rings. The first-order valence-electron chi connectivity index (χ1n) is 7.73. The van der Waals surface area contributed by atoms with Crippen molar-refractivity contribution < 1.29 is 13.9 Å². The summed E-state index contributed by atoms with van der Waals surface area (Å²) in [6, 6.07) is 4.74. The summed E-state index contributed by atoms with van der Waals surface area (Å²) in [5.74, 6) is -0.527. The van der Waals surface area contributed by atoms with Crippen molar-refractivity contribution >= 4 is 5.91 Å². The number of fused-ring (bicyclic) bond motifs is 1. The van der Waals surface area contributed by atoms with Crippen LogP contribution in [-0.4, -0.2) is 63.8 Å². The number of ether oxygens (including phenoxy) is 1. The number of halogens is 1. The van der Waals surface area contributed by atoms with Crippen molar-refractivity contribution in [2.75, 3.05) is 27.2 Å². The maximum Gasteiger partial charge on any atom is 0.250 e. The van der Waals surface area contributed by atoms with E-state index in [9.17, 15) is 9.18 Å². The van der Waals surface area contributed by atoms with Gasteiger partial charge >= 0.3 is 0 Å². The molecule has 128 valence electrons. The second kappa shape index (κ2) is 6.96. The van der Waals surface area contributed by atoms with Crippen LogP contribution in [0.4, 0.5) is 4.39 Å². The third-order valence-electron chi connectivity index (χ3n) is 3.89. The Morgan fingerprint density at radius 2 is 2.21 bits per heavy atom. The van der Waals surface area contributed by atoms with Crippen molar-refractivity contribution in [1.29, 1.82) is 0 Å². The van der Waals surface area contributed by atoms with Crippen molar-refractivity contribution in [2.45, 2.75) is 19.2 Å². The zero-order chi connectivity index (χ0) is 17.1. The quantitative estimate of drug-likeness (QED) is 0.827. The Morgan fingerprint density at radius 1 is 1.38 bits per heavy atom. The van der Waals surface area contributed by atoms with Crippen LogP contribution in [0.25, 0.3) is 0 Å². The van der Waals surface area contributed by atoms with E-state index in [2.05, 4.69) is 10.1 Å². The second-order valence-corrected chi connectivity index (χ2v) is 5.99. The van der Waals surface area contributed by atoms with E-state index in [0.717, 1.165) is 5.69 Å². The van der Waals surface area contributed by atoms with Crippen LogP contribution in [0.2, 0.25) is 0 Å². The van der Waals surface area contributed by atoms with Gasteiger partial charge in [0.25, 0.3) is 5.88 Å². The highest BCUT2D eigenvalue weighted by atomic mass is 19.1. The Hall–Kier alpha value is -2.48. The molecule has 0 spiro atoms. The molecule has 2 aromatic rings. The van der Waals surface area contributed by atoms with Gasteiger partial charge in [0, 0.05) is 39.6 Å². The van der Waals surface area contributed by atoms with E-state index >= 15 is 0 Å². The van der Waals surface area contributed by atoms with Crippen molar-refractivity contribution in [1.82, 2.24) is 24.6 Å². The maximum absolute atomic E-state index is 13.8. The normalized spacial score (nSPS) is 17.9. The number of carbonyl (C=O) groups is 1. The highest BCUT2D eigenvalue weighted by Crippen LogP contribution is 2.18. The van der Waals surface area contributed by atoms with Crippen LogP contribution in [0, 0.1) is 5.82 Å². The van der Waals surface area contributed by atoms with Gasteiger partial charge in [0.05, 0.1) is 18.8 Å². The van der Waals surface area contributed by atoms with Gasteiger partial charge in [-0.2, -0.15) is 5.10 Å². The molecule has 2 aromatic heterocycles. The average Bonchev–Trinajstić information content (AvgIpc) is 2.89. The topological polar surface area (TPSA) is 63.5 Å². The summed E-state index contributed by atoms with van der Waals surface area (Å²) in [6.07, 6.45) is 2.85. The van der Waals surface area contributed by atoms with Gasteiger partial charge in [0.2, 0.25) is 5.91 Å². The predicted molar refractivity (Wildman–Crippen MR) is 84.8 cm³/mol. The SMILES string of the molecule is CN(C)C(=O)CN1Cc2ccnn2CC(Oc2ncccc2F)C1. The minimum atomic E-state index is -0.502. The molecule has 7 nitrogen and oxygen atoms in total. The molecule has 0 saturated carbocycles. The number of hydrogen-bond donors (Lipinski definition) is 0. The largest absolute Gasteiger partial charge is 0.469 e. The summed E-state index contributed by atoms with van der Waals surface area (Å²) in [5, 5.41) is 4.28. The van der Waals surface area contributed by atoms with Gasteiger partial charge in [-0.05, 0) is 18.2 Å². The molecule has 0 N–H and O–H groups in total. The molecule has 1 unspecified atom stereocenters. The standard InChI is InChI=1S/C16H20FN5O2/c1-20(2)15(23)11-21-8-12-5-7-19-22(12)10-13(9-21)24-16-14(17)4-3-6-18-16/h3-7,13H,8-11H2,1-2H3. The highest BCUT2D eigenvalue weighted by Gasteiger charge is 2.26. The number of likely N-dealkylation sites (N-methyl/N-ethyl adjacent to an activating group) is 1. The smallest absolute Gasteiger partial charge is 0.250 e. The number of rotatable bonds is 4. The molecule has 3 rings (SSSR count). The van der Waals surface area contributed by atoms with E-state index in [4.69, 9.17) is 4.74 Å². The highest BCUT2D eigenvalue weighted by molar-refractivity contribution is 5.77. The lowest BCUT2D eigenvalue weighted by Crippen LogP contribution is -2.41. The molecule has 3 heterocycles. The summed E-state index contributed by atoms with van der Waals surface area (Å²) in [7, 11) is 3.45. The fraction of sp³-hybridized carbons (Fsp3) is 0.438. The summed E-state index contributed by atoms with van der Waals surface area (Å²) in [4.78, 5) is 19.5. The minimum Gasteiger partial charge on any atom is -0.469 e. The van der Waals surface area contributed by atoms with Crippen molar-refractivity contribution in [3.8, 4) is 5.88 Å². The molecule has 1 aliphatic rings. The van der Waals surface area contributed by atoms with Crippen LogP contribution in [0.3, 0.4) is 0 Å². The molecular formula is C16H20FN5O2. The number of carbonyl (C=O) groups excluding carboxylic acids is 1. The lowest BCUT2D eigenvalue weighted by atomic mass is 10.3. The minimum absolute atomic E-state index is 0.00531. The molecule has 8 heteroatoms. The van der Waals surface area contributed by atoms with Gasteiger partial charge in [-0.1, -0.05) is 0 Å².